The van der Waals surface area contributed by atoms with Crippen LogP contribution >= 0.6 is 11.3 Å². The minimum Gasteiger partial charge on any atom is -0.391 e. The fourth-order valence-electron chi connectivity index (χ4n) is 1.55. The van der Waals surface area contributed by atoms with Gasteiger partial charge in [-0.05, 0) is 23.4 Å². The van der Waals surface area contributed by atoms with Crippen molar-refractivity contribution in [1.29, 1.82) is 0 Å². The first-order valence-corrected chi connectivity index (χ1v) is 6.22. The van der Waals surface area contributed by atoms with Crippen LogP contribution in [0.5, 0.6) is 0 Å². The number of nitrogen functional groups attached to an aromatic ring is 1. The number of aromatic amines is 1. The molecular formula is C11H14N4OS. The van der Waals surface area contributed by atoms with Gasteiger partial charge in [-0.25, -0.2) is 4.98 Å². The van der Waals surface area contributed by atoms with Crippen molar-refractivity contribution < 1.29 is 0 Å². The molecule has 0 aromatic carbocycles. The number of nitrogens with two attached hydrogens (primary N) is 1. The maximum absolute atomic E-state index is 11.3. The lowest BCUT2D eigenvalue weighted by Crippen LogP contribution is -2.16. The highest BCUT2D eigenvalue weighted by Crippen LogP contribution is 2.19. The Morgan fingerprint density at radius 3 is 3.18 bits per heavy atom. The molecule has 0 bridgehead atoms. The van der Waals surface area contributed by atoms with E-state index >= 15 is 0 Å². The molecule has 0 radical (unpaired) electrons. The molecule has 4 N–H and O–H groups in total. The van der Waals surface area contributed by atoms with Crippen LogP contribution in [-0.4, -0.2) is 9.97 Å². The zero-order valence-electron chi connectivity index (χ0n) is 9.49. The number of H-pyrrole nitrogens is 1. The van der Waals surface area contributed by atoms with Crippen LogP contribution in [-0.2, 0) is 13.0 Å². The van der Waals surface area contributed by atoms with Gasteiger partial charge in [0.2, 0.25) is 0 Å². The Hall–Kier alpha value is -1.82. The number of thiophene rings is 1. The second-order valence-electron chi connectivity index (χ2n) is 3.57. The fourth-order valence-corrected chi connectivity index (χ4v) is 2.47. The summed E-state index contributed by atoms with van der Waals surface area (Å²) in [6.45, 7) is 2.76. The van der Waals surface area contributed by atoms with Gasteiger partial charge in [0.15, 0.2) is 5.82 Å². The van der Waals surface area contributed by atoms with Crippen LogP contribution in [0.15, 0.2) is 22.6 Å². The molecule has 0 spiro atoms. The van der Waals surface area contributed by atoms with Gasteiger partial charge in [-0.1, -0.05) is 6.92 Å². The van der Waals surface area contributed by atoms with E-state index in [2.05, 4.69) is 33.7 Å². The fraction of sp³-hybridized carbons (Fsp3) is 0.273. The average molecular weight is 250 g/mol. The Morgan fingerprint density at radius 2 is 2.41 bits per heavy atom. The molecule has 0 unspecified atom stereocenters. The Balaban J connectivity index is 2.13. The minimum absolute atomic E-state index is 0.127. The van der Waals surface area contributed by atoms with E-state index in [0.717, 1.165) is 6.42 Å². The van der Waals surface area contributed by atoms with Crippen LogP contribution in [0.2, 0.25) is 0 Å². The number of hydrogen-bond acceptors (Lipinski definition) is 5. The van der Waals surface area contributed by atoms with Crippen LogP contribution < -0.4 is 16.6 Å². The quantitative estimate of drug-likeness (QED) is 0.769. The van der Waals surface area contributed by atoms with Crippen LogP contribution in [0, 0.1) is 0 Å². The second-order valence-corrected chi connectivity index (χ2v) is 4.57. The van der Waals surface area contributed by atoms with E-state index in [1.165, 1.54) is 16.8 Å². The van der Waals surface area contributed by atoms with E-state index in [0.29, 0.717) is 12.4 Å². The van der Waals surface area contributed by atoms with Crippen LogP contribution in [0.1, 0.15) is 17.4 Å². The highest BCUT2D eigenvalue weighted by atomic mass is 32.1. The van der Waals surface area contributed by atoms with Gasteiger partial charge in [0.1, 0.15) is 5.69 Å². The number of rotatable bonds is 4. The zero-order chi connectivity index (χ0) is 12.3. The van der Waals surface area contributed by atoms with Gasteiger partial charge < -0.3 is 16.0 Å². The molecule has 90 valence electrons. The highest BCUT2D eigenvalue weighted by Gasteiger charge is 2.06. The topological polar surface area (TPSA) is 83.8 Å². The molecule has 6 heteroatoms. The number of hydrogen-bond donors (Lipinski definition) is 3. The minimum atomic E-state index is -0.315. The molecule has 0 fully saturated rings. The second kappa shape index (κ2) is 5.01. The molecule has 0 aliphatic rings. The van der Waals surface area contributed by atoms with Crippen molar-refractivity contribution in [3.63, 3.8) is 0 Å². The van der Waals surface area contributed by atoms with E-state index in [1.54, 1.807) is 11.3 Å². The predicted octanol–water partition coefficient (Wildman–Crippen LogP) is 1.59. The standard InChI is InChI=1S/C11H14N4OS/c1-2-7-3-4-17-8(7)5-13-10-9(12)11(16)15-6-14-10/h3-4,6H,2,5,12H2,1H3,(H2,13,14,15,16). The van der Waals surface area contributed by atoms with Crippen LogP contribution in [0.25, 0.3) is 0 Å². The van der Waals surface area contributed by atoms with Gasteiger partial charge in [0.05, 0.1) is 12.9 Å². The molecule has 0 aliphatic heterocycles. The van der Waals surface area contributed by atoms with Crippen molar-refractivity contribution in [2.24, 2.45) is 0 Å². The molecule has 2 heterocycles. The van der Waals surface area contributed by atoms with E-state index in [9.17, 15) is 4.79 Å². The molecule has 0 aliphatic carbocycles. The van der Waals surface area contributed by atoms with Gasteiger partial charge in [-0.3, -0.25) is 4.79 Å². The molecule has 2 aromatic rings. The van der Waals surface area contributed by atoms with Gasteiger partial charge >= 0.3 is 0 Å². The Morgan fingerprint density at radius 1 is 1.59 bits per heavy atom. The SMILES string of the molecule is CCc1ccsc1CNc1nc[nH]c(=O)c1N. The van der Waals surface area contributed by atoms with Crippen LogP contribution in [0.4, 0.5) is 11.5 Å². The van der Waals surface area contributed by atoms with Crippen molar-refractivity contribution >= 4 is 22.8 Å². The maximum Gasteiger partial charge on any atom is 0.276 e. The lowest BCUT2D eigenvalue weighted by Gasteiger charge is -2.07. The molecule has 17 heavy (non-hydrogen) atoms. The van der Waals surface area contributed by atoms with Gasteiger partial charge in [0, 0.05) is 4.88 Å². The third-order valence-corrected chi connectivity index (χ3v) is 3.49. The lowest BCUT2D eigenvalue weighted by atomic mass is 10.2. The number of aryl methyl sites for hydroxylation is 1. The smallest absolute Gasteiger partial charge is 0.276 e. The van der Waals surface area contributed by atoms with Gasteiger partial charge in [-0.15, -0.1) is 11.3 Å². The largest absolute Gasteiger partial charge is 0.391 e. The number of aromatic nitrogens is 2. The molecule has 2 rings (SSSR count). The van der Waals surface area contributed by atoms with E-state index in [4.69, 9.17) is 5.73 Å². The third-order valence-electron chi connectivity index (χ3n) is 2.52. The first kappa shape index (κ1) is 11.7. The van der Waals surface area contributed by atoms with Crippen molar-refractivity contribution in [3.05, 3.63) is 38.6 Å². The third kappa shape index (κ3) is 2.47. The summed E-state index contributed by atoms with van der Waals surface area (Å²) in [5, 5.41) is 5.15. The van der Waals surface area contributed by atoms with Crippen LogP contribution in [0.3, 0.4) is 0 Å². The summed E-state index contributed by atoms with van der Waals surface area (Å²) >= 11 is 1.69. The average Bonchev–Trinajstić information content (AvgIpc) is 2.78. The normalized spacial score (nSPS) is 10.4. The zero-order valence-corrected chi connectivity index (χ0v) is 10.3. The van der Waals surface area contributed by atoms with E-state index < -0.39 is 0 Å². The van der Waals surface area contributed by atoms with Gasteiger partial charge in [0.25, 0.3) is 5.56 Å². The maximum atomic E-state index is 11.3. The first-order valence-electron chi connectivity index (χ1n) is 5.34. The summed E-state index contributed by atoms with van der Waals surface area (Å²) in [5.74, 6) is 0.434. The Bertz CT molecular complexity index is 561. The van der Waals surface area contributed by atoms with Crippen molar-refractivity contribution in [2.45, 2.75) is 19.9 Å². The number of nitrogens with zero attached hydrogens (tertiary/aromatic N) is 1. The monoisotopic (exact) mass is 250 g/mol. The molecule has 0 saturated carbocycles. The summed E-state index contributed by atoms with van der Waals surface area (Å²) in [6, 6.07) is 2.11. The molecular weight excluding hydrogens is 236 g/mol. The predicted molar refractivity (Wildman–Crippen MR) is 70.3 cm³/mol. The summed E-state index contributed by atoms with van der Waals surface area (Å²) in [5.41, 5.74) is 6.75. The molecule has 0 saturated heterocycles. The van der Waals surface area contributed by atoms with E-state index in [-0.39, 0.29) is 11.2 Å². The summed E-state index contributed by atoms with van der Waals surface area (Å²) in [7, 11) is 0. The Kier molecular flexibility index (Phi) is 3.43. The van der Waals surface area contributed by atoms with Crippen molar-refractivity contribution in [1.82, 2.24) is 9.97 Å². The van der Waals surface area contributed by atoms with Gasteiger partial charge in [-0.2, -0.15) is 0 Å². The number of nitrogens with one attached hydrogen (secondary N) is 2. The summed E-state index contributed by atoms with van der Waals surface area (Å²) in [4.78, 5) is 18.9. The Labute approximate surface area is 103 Å². The molecule has 0 atom stereocenters. The lowest BCUT2D eigenvalue weighted by molar-refractivity contribution is 1.05. The molecule has 5 nitrogen and oxygen atoms in total. The van der Waals surface area contributed by atoms with Crippen molar-refractivity contribution in [2.75, 3.05) is 11.1 Å². The first-order chi connectivity index (χ1) is 8.22. The molecule has 0 amide bonds. The van der Waals surface area contributed by atoms with E-state index in [1.807, 2.05) is 0 Å². The highest BCUT2D eigenvalue weighted by molar-refractivity contribution is 7.10. The summed E-state index contributed by atoms with van der Waals surface area (Å²) in [6.07, 6.45) is 2.34. The van der Waals surface area contributed by atoms with Crippen molar-refractivity contribution in [3.8, 4) is 0 Å². The molecule has 2 aromatic heterocycles. The summed E-state index contributed by atoms with van der Waals surface area (Å²) < 4.78 is 0. The number of anilines is 2.